The molecule has 0 atom stereocenters. The number of aromatic nitrogens is 4. The van der Waals surface area contributed by atoms with Crippen LogP contribution in [-0.4, -0.2) is 19.7 Å². The lowest BCUT2D eigenvalue weighted by atomic mass is 10.2. The Morgan fingerprint density at radius 1 is 1.50 bits per heavy atom. The monoisotopic (exact) mass is 267 g/mol. The Bertz CT molecular complexity index is 541. The summed E-state index contributed by atoms with van der Waals surface area (Å²) in [7, 11) is 0. The van der Waals surface area contributed by atoms with Crippen molar-refractivity contribution in [1.82, 2.24) is 25.1 Å². The van der Waals surface area contributed by atoms with Crippen LogP contribution in [0.4, 0.5) is 0 Å². The number of hydrogen-bond acceptors (Lipinski definition) is 5. The van der Waals surface area contributed by atoms with Gasteiger partial charge in [-0.3, -0.25) is 4.79 Å². The molecule has 0 aliphatic rings. The zero-order valence-corrected chi connectivity index (χ0v) is 11.3. The van der Waals surface area contributed by atoms with Crippen LogP contribution in [0.3, 0.4) is 0 Å². The highest BCUT2D eigenvalue weighted by molar-refractivity contribution is 7.07. The molecule has 0 bridgehead atoms. The van der Waals surface area contributed by atoms with Crippen molar-refractivity contribution in [3.8, 4) is 0 Å². The van der Waals surface area contributed by atoms with Gasteiger partial charge in [-0.05, 0) is 5.92 Å². The van der Waals surface area contributed by atoms with Crippen LogP contribution in [0.25, 0.3) is 0 Å². The van der Waals surface area contributed by atoms with Crippen molar-refractivity contribution < 1.29 is 0 Å². The predicted octanol–water partition coefficient (Wildman–Crippen LogP) is 0.974. The number of H-pyrrole nitrogens is 1. The maximum Gasteiger partial charge on any atom is 0.304 e. The first-order chi connectivity index (χ1) is 8.65. The smallest absolute Gasteiger partial charge is 0.304 e. The average molecular weight is 267 g/mol. The summed E-state index contributed by atoms with van der Waals surface area (Å²) in [5.74, 6) is 1.46. The molecule has 7 heteroatoms. The van der Waals surface area contributed by atoms with Gasteiger partial charge >= 0.3 is 4.87 Å². The molecule has 2 aromatic rings. The molecule has 2 N–H and O–H groups in total. The minimum Gasteiger partial charge on any atom is -0.315 e. The largest absolute Gasteiger partial charge is 0.315 e. The fraction of sp³-hybridized carbons (Fsp3) is 0.545. The Morgan fingerprint density at radius 2 is 2.33 bits per heavy atom. The van der Waals surface area contributed by atoms with Gasteiger partial charge in [0.15, 0.2) is 0 Å². The third-order valence-corrected chi connectivity index (χ3v) is 3.12. The van der Waals surface area contributed by atoms with Crippen LogP contribution in [0.2, 0.25) is 0 Å². The first-order valence-electron chi connectivity index (χ1n) is 5.89. The highest BCUT2D eigenvalue weighted by Crippen LogP contribution is 2.01. The molecule has 0 aliphatic heterocycles. The van der Waals surface area contributed by atoms with E-state index in [2.05, 4.69) is 34.2 Å². The van der Waals surface area contributed by atoms with Crippen molar-refractivity contribution >= 4 is 11.3 Å². The Hall–Kier alpha value is -1.47. The van der Waals surface area contributed by atoms with E-state index in [1.54, 1.807) is 6.33 Å². The van der Waals surface area contributed by atoms with E-state index >= 15 is 0 Å². The summed E-state index contributed by atoms with van der Waals surface area (Å²) >= 11 is 1.18. The lowest BCUT2D eigenvalue weighted by Crippen LogP contribution is -2.19. The number of rotatable bonds is 6. The number of nitrogens with one attached hydrogen (secondary N) is 2. The summed E-state index contributed by atoms with van der Waals surface area (Å²) in [5, 5.41) is 9.27. The maximum absolute atomic E-state index is 11.0. The Kier molecular flexibility index (Phi) is 4.27. The molecule has 18 heavy (non-hydrogen) atoms. The van der Waals surface area contributed by atoms with Crippen LogP contribution in [0.15, 0.2) is 16.5 Å². The fourth-order valence-corrected chi connectivity index (χ4v) is 2.21. The zero-order valence-electron chi connectivity index (χ0n) is 10.5. The fourth-order valence-electron chi connectivity index (χ4n) is 1.63. The van der Waals surface area contributed by atoms with Crippen LogP contribution >= 0.6 is 11.3 Å². The summed E-state index contributed by atoms with van der Waals surface area (Å²) in [5.41, 5.74) is 0.903. The van der Waals surface area contributed by atoms with Gasteiger partial charge in [-0.2, -0.15) is 5.10 Å². The van der Waals surface area contributed by atoms with Crippen molar-refractivity contribution in [1.29, 1.82) is 0 Å². The quantitative estimate of drug-likeness (QED) is 0.818. The molecule has 0 unspecified atom stereocenters. The SMILES string of the molecule is CC(C)Cn1ncnc1CNCc1csc(=O)[nH]1. The van der Waals surface area contributed by atoms with E-state index in [1.807, 2.05) is 10.1 Å². The Labute approximate surface area is 109 Å². The minimum atomic E-state index is -0.0187. The van der Waals surface area contributed by atoms with E-state index < -0.39 is 0 Å². The summed E-state index contributed by atoms with van der Waals surface area (Å²) in [6.45, 7) is 6.44. The number of hydrogen-bond donors (Lipinski definition) is 2. The van der Waals surface area contributed by atoms with E-state index in [9.17, 15) is 4.79 Å². The standard InChI is InChI=1S/C11H17N5OS/c1-8(2)5-16-10(13-7-14-16)4-12-3-9-6-18-11(17)15-9/h6-8,12H,3-5H2,1-2H3,(H,15,17). The van der Waals surface area contributed by atoms with Crippen LogP contribution in [0.1, 0.15) is 25.4 Å². The van der Waals surface area contributed by atoms with Crippen molar-refractivity contribution in [3.05, 3.63) is 32.9 Å². The summed E-state index contributed by atoms with van der Waals surface area (Å²) < 4.78 is 1.91. The molecule has 0 fully saturated rings. The van der Waals surface area contributed by atoms with Crippen molar-refractivity contribution in [2.45, 2.75) is 33.5 Å². The van der Waals surface area contributed by atoms with Gasteiger partial charge in [-0.25, -0.2) is 9.67 Å². The molecule has 0 radical (unpaired) electrons. The summed E-state index contributed by atoms with van der Waals surface area (Å²) in [6.07, 6.45) is 1.58. The number of thiazole rings is 1. The third-order valence-electron chi connectivity index (χ3n) is 2.40. The predicted molar refractivity (Wildman–Crippen MR) is 70.3 cm³/mol. The topological polar surface area (TPSA) is 75.6 Å². The van der Waals surface area contributed by atoms with Gasteiger partial charge in [0.25, 0.3) is 0 Å². The highest BCUT2D eigenvalue weighted by Gasteiger charge is 2.05. The second-order valence-corrected chi connectivity index (χ2v) is 5.37. The second kappa shape index (κ2) is 5.92. The molecule has 98 valence electrons. The molecule has 2 rings (SSSR count). The normalized spacial score (nSPS) is 11.3. The number of aromatic amines is 1. The molecule has 0 aliphatic carbocycles. The van der Waals surface area contributed by atoms with Gasteiger partial charge in [0, 0.05) is 24.2 Å². The molecule has 0 saturated heterocycles. The molecule has 6 nitrogen and oxygen atoms in total. The van der Waals surface area contributed by atoms with Gasteiger partial charge in [-0.1, -0.05) is 25.2 Å². The third kappa shape index (κ3) is 3.51. The summed E-state index contributed by atoms with van der Waals surface area (Å²) in [6, 6.07) is 0. The molecule has 2 heterocycles. The van der Waals surface area contributed by atoms with Gasteiger partial charge in [-0.15, -0.1) is 0 Å². The van der Waals surface area contributed by atoms with Gasteiger partial charge in [0.2, 0.25) is 0 Å². The molecule has 0 saturated carbocycles. The zero-order chi connectivity index (χ0) is 13.0. The van der Waals surface area contributed by atoms with Gasteiger partial charge < -0.3 is 10.3 Å². The van der Waals surface area contributed by atoms with Gasteiger partial charge in [0.1, 0.15) is 12.2 Å². The van der Waals surface area contributed by atoms with E-state index in [1.165, 1.54) is 11.3 Å². The van der Waals surface area contributed by atoms with Gasteiger partial charge in [0.05, 0.1) is 6.54 Å². The molecule has 0 spiro atoms. The Balaban J connectivity index is 1.86. The molecule has 2 aromatic heterocycles. The highest BCUT2D eigenvalue weighted by atomic mass is 32.1. The van der Waals surface area contributed by atoms with Crippen LogP contribution in [0, 0.1) is 5.92 Å². The first kappa shape index (κ1) is 13.0. The minimum absolute atomic E-state index is 0.0187. The van der Waals surface area contributed by atoms with E-state index in [4.69, 9.17) is 0 Å². The van der Waals surface area contributed by atoms with E-state index in [0.29, 0.717) is 19.0 Å². The second-order valence-electron chi connectivity index (χ2n) is 4.53. The van der Waals surface area contributed by atoms with Crippen molar-refractivity contribution in [3.63, 3.8) is 0 Å². The Morgan fingerprint density at radius 3 is 3.00 bits per heavy atom. The molecular weight excluding hydrogens is 250 g/mol. The van der Waals surface area contributed by atoms with Crippen LogP contribution in [-0.2, 0) is 19.6 Å². The average Bonchev–Trinajstić information content (AvgIpc) is 2.88. The lowest BCUT2D eigenvalue weighted by molar-refractivity contribution is 0.457. The number of nitrogens with zero attached hydrogens (tertiary/aromatic N) is 3. The van der Waals surface area contributed by atoms with E-state index in [0.717, 1.165) is 18.1 Å². The lowest BCUT2D eigenvalue weighted by Gasteiger charge is -2.08. The van der Waals surface area contributed by atoms with Crippen LogP contribution < -0.4 is 10.2 Å². The van der Waals surface area contributed by atoms with Crippen molar-refractivity contribution in [2.24, 2.45) is 5.92 Å². The van der Waals surface area contributed by atoms with Crippen molar-refractivity contribution in [2.75, 3.05) is 0 Å². The maximum atomic E-state index is 11.0. The molecular formula is C11H17N5OS. The molecule has 0 aromatic carbocycles. The molecule has 0 amide bonds. The van der Waals surface area contributed by atoms with Crippen LogP contribution in [0.5, 0.6) is 0 Å². The first-order valence-corrected chi connectivity index (χ1v) is 6.77. The summed E-state index contributed by atoms with van der Waals surface area (Å²) in [4.78, 5) is 17.9. The van der Waals surface area contributed by atoms with E-state index in [-0.39, 0.29) is 4.87 Å².